The minimum atomic E-state index is -0.913. The van der Waals surface area contributed by atoms with Gasteiger partial charge in [0.2, 0.25) is 0 Å². The van der Waals surface area contributed by atoms with Gasteiger partial charge in [0, 0.05) is 6.54 Å². The lowest BCUT2D eigenvalue weighted by Crippen LogP contribution is -2.67. The monoisotopic (exact) mass is 290 g/mol. The number of likely N-dealkylation sites (tertiary alicyclic amines) is 1. The Morgan fingerprint density at radius 1 is 1.38 bits per heavy atom. The van der Waals surface area contributed by atoms with E-state index in [0.29, 0.717) is 13.1 Å². The van der Waals surface area contributed by atoms with Crippen molar-refractivity contribution in [2.24, 2.45) is 0 Å². The van der Waals surface area contributed by atoms with E-state index in [9.17, 15) is 9.90 Å². The number of β-amino-alcohol motifs (C(OH)–C–C–N with tert-alkyl or cyclic N) is 1. The number of benzene rings is 1. The van der Waals surface area contributed by atoms with Gasteiger partial charge in [0.15, 0.2) is 0 Å². The van der Waals surface area contributed by atoms with Gasteiger partial charge in [0.05, 0.1) is 19.1 Å². The Bertz CT molecular complexity index is 559. The van der Waals surface area contributed by atoms with Crippen molar-refractivity contribution in [2.45, 2.75) is 44.6 Å². The van der Waals surface area contributed by atoms with E-state index in [0.717, 1.165) is 12.1 Å². The molecule has 2 aliphatic rings. The van der Waals surface area contributed by atoms with Crippen molar-refractivity contribution in [1.29, 1.82) is 0 Å². The highest BCUT2D eigenvalue weighted by atomic mass is 16.6. The van der Waals surface area contributed by atoms with E-state index >= 15 is 0 Å². The summed E-state index contributed by atoms with van der Waals surface area (Å²) in [5.41, 5.74) is 0.919. The number of aliphatic hydroxyl groups is 1. The Balaban J connectivity index is 1.66. The second kappa shape index (κ2) is 4.71. The zero-order valence-electron chi connectivity index (χ0n) is 12.7. The normalized spacial score (nSPS) is 23.4. The number of ether oxygens (including phenoxy) is 1. The summed E-state index contributed by atoms with van der Waals surface area (Å²) in [6.07, 6.45) is -0.363. The average molecular weight is 290 g/mol. The van der Waals surface area contributed by atoms with Crippen molar-refractivity contribution in [2.75, 3.05) is 13.1 Å². The zero-order chi connectivity index (χ0) is 15.3. The molecule has 21 heavy (non-hydrogen) atoms. The van der Waals surface area contributed by atoms with Crippen LogP contribution in [0.4, 0.5) is 4.79 Å². The van der Waals surface area contributed by atoms with E-state index in [4.69, 9.17) is 4.74 Å². The Morgan fingerprint density at radius 3 is 2.71 bits per heavy atom. The predicted molar refractivity (Wildman–Crippen MR) is 78.8 cm³/mol. The maximum atomic E-state index is 12.0. The molecule has 1 fully saturated rings. The molecule has 114 valence electrons. The molecular formula is C16H22N2O3. The van der Waals surface area contributed by atoms with Crippen molar-refractivity contribution in [3.63, 3.8) is 0 Å². The molecule has 2 aliphatic heterocycles. The standard InChI is InChI=1S/C16H22N2O3/c1-15(2,3)21-14(19)18-9-16(20,10-18)13-12-7-5-4-6-11(12)8-17-13/h4-7,13,17,20H,8-10H2,1-3H3. The molecule has 1 aromatic rings. The number of fused-ring (bicyclic) bond motifs is 1. The highest BCUT2D eigenvalue weighted by Crippen LogP contribution is 2.39. The van der Waals surface area contributed by atoms with Crippen LogP contribution in [-0.4, -0.2) is 40.4 Å². The number of nitrogens with one attached hydrogen (secondary N) is 1. The first kappa shape index (κ1) is 14.4. The van der Waals surface area contributed by atoms with Crippen molar-refractivity contribution in [1.82, 2.24) is 10.2 Å². The van der Waals surface area contributed by atoms with E-state index in [2.05, 4.69) is 11.4 Å². The van der Waals surface area contributed by atoms with Crippen LogP contribution in [0.2, 0.25) is 0 Å². The fourth-order valence-corrected chi connectivity index (χ4v) is 3.03. The molecule has 0 saturated carbocycles. The Kier molecular flexibility index (Phi) is 3.22. The number of rotatable bonds is 1. The highest BCUT2D eigenvalue weighted by Gasteiger charge is 2.52. The zero-order valence-corrected chi connectivity index (χ0v) is 12.7. The van der Waals surface area contributed by atoms with Gasteiger partial charge in [-0.15, -0.1) is 0 Å². The lowest BCUT2D eigenvalue weighted by Gasteiger charge is -2.49. The summed E-state index contributed by atoms with van der Waals surface area (Å²) in [7, 11) is 0. The van der Waals surface area contributed by atoms with Gasteiger partial charge in [-0.3, -0.25) is 0 Å². The molecule has 2 heterocycles. The second-order valence-corrected chi connectivity index (χ2v) is 6.95. The number of carbonyl (C=O) groups is 1. The van der Waals surface area contributed by atoms with E-state index in [1.807, 2.05) is 39.0 Å². The quantitative estimate of drug-likeness (QED) is 0.828. The van der Waals surface area contributed by atoms with Crippen molar-refractivity contribution in [3.8, 4) is 0 Å². The lowest BCUT2D eigenvalue weighted by atomic mass is 9.83. The van der Waals surface area contributed by atoms with Crippen molar-refractivity contribution < 1.29 is 14.6 Å². The first-order valence-electron chi connectivity index (χ1n) is 7.30. The fraction of sp³-hybridized carbons (Fsp3) is 0.562. The molecular weight excluding hydrogens is 268 g/mol. The van der Waals surface area contributed by atoms with Crippen LogP contribution in [0.5, 0.6) is 0 Å². The number of carbonyl (C=O) groups excluding carboxylic acids is 1. The number of nitrogens with zero attached hydrogens (tertiary/aromatic N) is 1. The minimum absolute atomic E-state index is 0.118. The number of hydrogen-bond donors (Lipinski definition) is 2. The summed E-state index contributed by atoms with van der Waals surface area (Å²) in [4.78, 5) is 13.5. The van der Waals surface area contributed by atoms with Crippen LogP contribution in [0.25, 0.3) is 0 Å². The summed E-state index contributed by atoms with van der Waals surface area (Å²) in [5, 5.41) is 14.1. The third-order valence-corrected chi connectivity index (χ3v) is 3.98. The average Bonchev–Trinajstić information content (AvgIpc) is 2.77. The maximum absolute atomic E-state index is 12.0. The predicted octanol–water partition coefficient (Wildman–Crippen LogP) is 1.81. The molecule has 0 spiro atoms. The third-order valence-electron chi connectivity index (χ3n) is 3.98. The Labute approximate surface area is 124 Å². The van der Waals surface area contributed by atoms with Crippen LogP contribution in [0.1, 0.15) is 37.9 Å². The molecule has 1 unspecified atom stereocenters. The van der Waals surface area contributed by atoms with Gasteiger partial charge in [0.25, 0.3) is 0 Å². The Morgan fingerprint density at radius 2 is 2.05 bits per heavy atom. The van der Waals surface area contributed by atoms with Gasteiger partial charge < -0.3 is 20.1 Å². The van der Waals surface area contributed by atoms with Crippen molar-refractivity contribution in [3.05, 3.63) is 35.4 Å². The summed E-state index contributed by atoms with van der Waals surface area (Å²) in [6.45, 7) is 6.88. The maximum Gasteiger partial charge on any atom is 0.410 e. The van der Waals surface area contributed by atoms with Crippen LogP contribution in [-0.2, 0) is 11.3 Å². The first-order valence-corrected chi connectivity index (χ1v) is 7.30. The molecule has 2 N–H and O–H groups in total. The minimum Gasteiger partial charge on any atom is -0.444 e. The van der Waals surface area contributed by atoms with Crippen LogP contribution in [0.15, 0.2) is 24.3 Å². The first-order chi connectivity index (χ1) is 9.78. The molecule has 1 saturated heterocycles. The smallest absolute Gasteiger partial charge is 0.410 e. The van der Waals surface area contributed by atoms with Gasteiger partial charge >= 0.3 is 6.09 Å². The van der Waals surface area contributed by atoms with Gasteiger partial charge in [0.1, 0.15) is 11.2 Å². The van der Waals surface area contributed by atoms with Gasteiger partial charge in [-0.25, -0.2) is 4.79 Å². The largest absolute Gasteiger partial charge is 0.444 e. The molecule has 5 nitrogen and oxygen atoms in total. The van der Waals surface area contributed by atoms with E-state index in [1.54, 1.807) is 4.90 Å². The van der Waals surface area contributed by atoms with Crippen molar-refractivity contribution >= 4 is 6.09 Å². The second-order valence-electron chi connectivity index (χ2n) is 6.95. The molecule has 3 rings (SSSR count). The molecule has 0 bridgehead atoms. The molecule has 1 amide bonds. The highest BCUT2D eigenvalue weighted by molar-refractivity contribution is 5.70. The number of hydrogen-bond acceptors (Lipinski definition) is 4. The van der Waals surface area contributed by atoms with Crippen LogP contribution < -0.4 is 5.32 Å². The molecule has 0 aliphatic carbocycles. The van der Waals surface area contributed by atoms with E-state index in [-0.39, 0.29) is 12.1 Å². The SMILES string of the molecule is CC(C)(C)OC(=O)N1CC(O)(C2NCc3ccccc32)C1. The van der Waals surface area contributed by atoms with E-state index < -0.39 is 11.2 Å². The Hall–Kier alpha value is -1.59. The summed E-state index contributed by atoms with van der Waals surface area (Å²) >= 11 is 0. The fourth-order valence-electron chi connectivity index (χ4n) is 3.03. The molecule has 0 radical (unpaired) electrons. The number of amides is 1. The summed E-state index contributed by atoms with van der Waals surface area (Å²) in [5.74, 6) is 0. The molecule has 0 aromatic heterocycles. The van der Waals surface area contributed by atoms with Gasteiger partial charge in [-0.2, -0.15) is 0 Å². The van der Waals surface area contributed by atoms with Crippen LogP contribution >= 0.6 is 0 Å². The van der Waals surface area contributed by atoms with Gasteiger partial charge in [-0.1, -0.05) is 24.3 Å². The summed E-state index contributed by atoms with van der Waals surface area (Å²) < 4.78 is 5.32. The topological polar surface area (TPSA) is 61.8 Å². The molecule has 5 heteroatoms. The van der Waals surface area contributed by atoms with Gasteiger partial charge in [-0.05, 0) is 31.9 Å². The third kappa shape index (κ3) is 2.63. The van der Waals surface area contributed by atoms with Crippen LogP contribution in [0, 0.1) is 0 Å². The van der Waals surface area contributed by atoms with Crippen LogP contribution in [0.3, 0.4) is 0 Å². The summed E-state index contributed by atoms with van der Waals surface area (Å²) in [6, 6.07) is 7.96. The van der Waals surface area contributed by atoms with E-state index in [1.165, 1.54) is 5.56 Å². The molecule has 1 aromatic carbocycles. The lowest BCUT2D eigenvalue weighted by molar-refractivity contribution is -0.117. The molecule has 1 atom stereocenters.